The number of halogens is 1. The lowest BCUT2D eigenvalue weighted by atomic mass is 10.2. The van der Waals surface area contributed by atoms with E-state index in [1.165, 1.54) is 13.0 Å². The first-order chi connectivity index (χ1) is 6.43. The summed E-state index contributed by atoms with van der Waals surface area (Å²) in [6.45, 7) is 1.31. The third-order valence-corrected chi connectivity index (χ3v) is 1.95. The number of hydrogen-bond acceptors (Lipinski definition) is 4. The molecule has 0 saturated carbocycles. The van der Waals surface area contributed by atoms with Crippen LogP contribution in [0.25, 0.3) is 0 Å². The molecule has 0 unspecified atom stereocenters. The molecule has 0 atom stereocenters. The largest absolute Gasteiger partial charge is 0.504 e. The number of carbonyl (C=O) groups excluding carboxylic acids is 1. The number of phenols is 1. The molecule has 0 fully saturated rings. The molecule has 0 radical (unpaired) electrons. The van der Waals surface area contributed by atoms with Gasteiger partial charge in [0.2, 0.25) is 5.91 Å². The second-order valence-corrected chi connectivity index (χ2v) is 3.17. The maximum absolute atomic E-state index is 10.7. The third-order valence-electron chi connectivity index (χ3n) is 1.64. The molecule has 76 valence electrons. The number of hydrogen-bond donors (Lipinski definition) is 4. The normalized spacial score (nSPS) is 9.86. The van der Waals surface area contributed by atoms with Crippen molar-refractivity contribution in [1.29, 1.82) is 0 Å². The van der Waals surface area contributed by atoms with Gasteiger partial charge in [-0.2, -0.15) is 0 Å². The molecular weight excluding hydrogens is 206 g/mol. The number of nitrogens with two attached hydrogens (primary N) is 2. The van der Waals surface area contributed by atoms with Gasteiger partial charge in [-0.1, -0.05) is 11.6 Å². The van der Waals surface area contributed by atoms with Crippen LogP contribution in [-0.2, 0) is 4.79 Å². The van der Waals surface area contributed by atoms with Gasteiger partial charge < -0.3 is 21.9 Å². The van der Waals surface area contributed by atoms with Gasteiger partial charge in [-0.3, -0.25) is 4.79 Å². The number of carbonyl (C=O) groups is 1. The molecule has 0 spiro atoms. The van der Waals surface area contributed by atoms with Crippen LogP contribution >= 0.6 is 11.6 Å². The Labute approximate surface area is 85.6 Å². The van der Waals surface area contributed by atoms with E-state index in [1.807, 2.05) is 0 Å². The smallest absolute Gasteiger partial charge is 0.221 e. The van der Waals surface area contributed by atoms with E-state index in [4.69, 9.17) is 23.1 Å². The zero-order valence-corrected chi connectivity index (χ0v) is 8.22. The number of rotatable bonds is 1. The topological polar surface area (TPSA) is 101 Å². The highest BCUT2D eigenvalue weighted by Gasteiger charge is 2.12. The first-order valence-corrected chi connectivity index (χ1v) is 4.15. The van der Waals surface area contributed by atoms with Gasteiger partial charge in [0, 0.05) is 6.92 Å². The summed E-state index contributed by atoms with van der Waals surface area (Å²) in [7, 11) is 0. The SMILES string of the molecule is CC(=O)Nc1cc(Cl)c(N)c(N)c1O. The molecular formula is C8H10ClN3O2. The Balaban J connectivity index is 3.25. The van der Waals surface area contributed by atoms with Crippen LogP contribution in [0.15, 0.2) is 6.07 Å². The number of phenolic OH excluding ortho intramolecular Hbond substituents is 1. The Hall–Kier alpha value is -1.62. The van der Waals surface area contributed by atoms with Crippen LogP contribution in [0.2, 0.25) is 5.02 Å². The Morgan fingerprint density at radius 3 is 2.57 bits per heavy atom. The minimum atomic E-state index is -0.333. The highest BCUT2D eigenvalue weighted by Crippen LogP contribution is 2.39. The quantitative estimate of drug-likeness (QED) is 0.417. The number of nitrogens with one attached hydrogen (secondary N) is 1. The summed E-state index contributed by atoms with van der Waals surface area (Å²) in [6, 6.07) is 1.34. The monoisotopic (exact) mass is 215 g/mol. The second-order valence-electron chi connectivity index (χ2n) is 2.76. The summed E-state index contributed by atoms with van der Waals surface area (Å²) in [5, 5.41) is 12.0. The summed E-state index contributed by atoms with van der Waals surface area (Å²) >= 11 is 5.71. The molecule has 1 amide bonds. The van der Waals surface area contributed by atoms with Gasteiger partial charge >= 0.3 is 0 Å². The van der Waals surface area contributed by atoms with Crippen molar-refractivity contribution in [2.75, 3.05) is 16.8 Å². The van der Waals surface area contributed by atoms with E-state index < -0.39 is 0 Å². The van der Waals surface area contributed by atoms with Crippen LogP contribution < -0.4 is 16.8 Å². The summed E-state index contributed by atoms with van der Waals surface area (Å²) in [5.41, 5.74) is 11.1. The molecule has 1 aromatic rings. The molecule has 0 heterocycles. The average Bonchev–Trinajstić information content (AvgIpc) is 2.10. The summed E-state index contributed by atoms with van der Waals surface area (Å²) < 4.78 is 0. The Morgan fingerprint density at radius 1 is 1.50 bits per heavy atom. The van der Waals surface area contributed by atoms with Gasteiger partial charge in [-0.25, -0.2) is 0 Å². The van der Waals surface area contributed by atoms with Crippen LogP contribution in [0.1, 0.15) is 6.92 Å². The van der Waals surface area contributed by atoms with Gasteiger partial charge in [0.05, 0.1) is 16.4 Å². The zero-order chi connectivity index (χ0) is 10.9. The number of benzene rings is 1. The van der Waals surface area contributed by atoms with E-state index in [1.54, 1.807) is 0 Å². The Kier molecular flexibility index (Phi) is 2.71. The lowest BCUT2D eigenvalue weighted by molar-refractivity contribution is -0.114. The summed E-state index contributed by atoms with van der Waals surface area (Å²) in [4.78, 5) is 10.7. The van der Waals surface area contributed by atoms with Gasteiger partial charge in [-0.05, 0) is 6.07 Å². The van der Waals surface area contributed by atoms with Crippen molar-refractivity contribution < 1.29 is 9.90 Å². The maximum atomic E-state index is 10.7. The fourth-order valence-corrected chi connectivity index (χ4v) is 1.17. The van der Waals surface area contributed by atoms with E-state index in [2.05, 4.69) is 5.32 Å². The van der Waals surface area contributed by atoms with Crippen molar-refractivity contribution in [3.05, 3.63) is 11.1 Å². The molecule has 1 rings (SSSR count). The molecule has 0 aliphatic carbocycles. The highest BCUT2D eigenvalue weighted by molar-refractivity contribution is 6.34. The summed E-state index contributed by atoms with van der Waals surface area (Å²) in [5.74, 6) is -0.609. The highest BCUT2D eigenvalue weighted by atomic mass is 35.5. The lowest BCUT2D eigenvalue weighted by Gasteiger charge is -2.10. The van der Waals surface area contributed by atoms with E-state index >= 15 is 0 Å². The number of amides is 1. The van der Waals surface area contributed by atoms with Crippen LogP contribution in [0.3, 0.4) is 0 Å². The van der Waals surface area contributed by atoms with E-state index in [9.17, 15) is 9.90 Å². The number of nitrogen functional groups attached to an aromatic ring is 2. The van der Waals surface area contributed by atoms with E-state index in [-0.39, 0.29) is 33.7 Å². The molecule has 0 bridgehead atoms. The van der Waals surface area contributed by atoms with Gasteiger partial charge in [0.25, 0.3) is 0 Å². The Bertz CT molecular complexity index is 393. The van der Waals surface area contributed by atoms with Crippen molar-refractivity contribution in [1.82, 2.24) is 0 Å². The minimum Gasteiger partial charge on any atom is -0.504 e. The second kappa shape index (κ2) is 3.63. The van der Waals surface area contributed by atoms with Crippen LogP contribution in [0.5, 0.6) is 5.75 Å². The molecule has 0 saturated heterocycles. The third kappa shape index (κ3) is 1.82. The van der Waals surface area contributed by atoms with E-state index in [0.29, 0.717) is 0 Å². The minimum absolute atomic E-state index is 0.0405. The van der Waals surface area contributed by atoms with Crippen molar-refractivity contribution in [2.24, 2.45) is 0 Å². The molecule has 0 aromatic heterocycles. The molecule has 6 N–H and O–H groups in total. The van der Waals surface area contributed by atoms with Crippen molar-refractivity contribution in [3.63, 3.8) is 0 Å². The van der Waals surface area contributed by atoms with Gasteiger partial charge in [0.15, 0.2) is 5.75 Å². The summed E-state index contributed by atoms with van der Waals surface area (Å²) in [6.07, 6.45) is 0. The van der Waals surface area contributed by atoms with Crippen molar-refractivity contribution in [3.8, 4) is 5.75 Å². The van der Waals surface area contributed by atoms with Gasteiger partial charge in [-0.15, -0.1) is 0 Å². The Morgan fingerprint density at radius 2 is 2.07 bits per heavy atom. The first kappa shape index (κ1) is 10.5. The van der Waals surface area contributed by atoms with E-state index in [0.717, 1.165) is 0 Å². The standard InChI is InChI=1S/C8H10ClN3O2/c1-3(13)12-5-2-4(9)6(10)7(11)8(5)14/h2,14H,10-11H2,1H3,(H,12,13). The number of anilines is 3. The lowest BCUT2D eigenvalue weighted by Crippen LogP contribution is -2.07. The first-order valence-electron chi connectivity index (χ1n) is 3.77. The molecule has 5 nitrogen and oxygen atoms in total. The van der Waals surface area contributed by atoms with Crippen molar-refractivity contribution in [2.45, 2.75) is 6.92 Å². The van der Waals surface area contributed by atoms with Crippen LogP contribution in [-0.4, -0.2) is 11.0 Å². The molecule has 6 heteroatoms. The molecule has 1 aromatic carbocycles. The molecule has 0 aliphatic heterocycles. The van der Waals surface area contributed by atoms with Crippen molar-refractivity contribution >= 4 is 34.6 Å². The molecule has 14 heavy (non-hydrogen) atoms. The fourth-order valence-electron chi connectivity index (χ4n) is 0.959. The number of aromatic hydroxyl groups is 1. The van der Waals surface area contributed by atoms with Gasteiger partial charge in [0.1, 0.15) is 5.69 Å². The molecule has 0 aliphatic rings. The fraction of sp³-hybridized carbons (Fsp3) is 0.125. The maximum Gasteiger partial charge on any atom is 0.221 e. The van der Waals surface area contributed by atoms with Crippen LogP contribution in [0.4, 0.5) is 17.1 Å². The average molecular weight is 216 g/mol. The predicted octanol–water partition coefficient (Wildman–Crippen LogP) is 1.17. The predicted molar refractivity (Wildman–Crippen MR) is 56.2 cm³/mol. The van der Waals surface area contributed by atoms with Crippen LogP contribution in [0, 0.1) is 0 Å². The zero-order valence-electron chi connectivity index (χ0n) is 7.47.